The van der Waals surface area contributed by atoms with Crippen LogP contribution in [0.25, 0.3) is 0 Å². The molecule has 1 heterocycles. The van der Waals surface area contributed by atoms with E-state index in [1.807, 2.05) is 25.9 Å². The summed E-state index contributed by atoms with van der Waals surface area (Å²) in [5.41, 5.74) is 0. The highest BCUT2D eigenvalue weighted by atomic mass is 79.9. The monoisotopic (exact) mass is 274 g/mol. The van der Waals surface area contributed by atoms with E-state index in [4.69, 9.17) is 4.42 Å². The SMILES string of the molecule is CC(CN(C)C)NC(=O)c1ccc(Br)o1. The van der Waals surface area contributed by atoms with Gasteiger partial charge in [0.2, 0.25) is 0 Å². The van der Waals surface area contributed by atoms with Crippen LogP contribution in [0.2, 0.25) is 0 Å². The van der Waals surface area contributed by atoms with Gasteiger partial charge in [0.05, 0.1) is 0 Å². The number of amides is 1. The van der Waals surface area contributed by atoms with Crippen LogP contribution in [-0.4, -0.2) is 37.5 Å². The van der Waals surface area contributed by atoms with Crippen LogP contribution in [-0.2, 0) is 0 Å². The third-order valence-electron chi connectivity index (χ3n) is 1.81. The van der Waals surface area contributed by atoms with Gasteiger partial charge >= 0.3 is 0 Å². The first-order chi connectivity index (χ1) is 6.99. The lowest BCUT2D eigenvalue weighted by Crippen LogP contribution is -2.39. The molecule has 15 heavy (non-hydrogen) atoms. The normalized spacial score (nSPS) is 12.9. The number of carbonyl (C=O) groups excluding carboxylic acids is 1. The number of hydrogen-bond donors (Lipinski definition) is 1. The number of rotatable bonds is 4. The lowest BCUT2D eigenvalue weighted by molar-refractivity contribution is 0.0905. The predicted molar refractivity (Wildman–Crippen MR) is 61.9 cm³/mol. The first-order valence-corrected chi connectivity index (χ1v) is 5.49. The molecule has 0 bridgehead atoms. The maximum atomic E-state index is 11.6. The van der Waals surface area contributed by atoms with Crippen LogP contribution in [0.3, 0.4) is 0 Å². The first-order valence-electron chi connectivity index (χ1n) is 4.70. The predicted octanol–water partition coefficient (Wildman–Crippen LogP) is 1.72. The summed E-state index contributed by atoms with van der Waals surface area (Å²) in [5, 5.41) is 2.85. The third kappa shape index (κ3) is 4.05. The molecule has 1 amide bonds. The van der Waals surface area contributed by atoms with Crippen molar-refractivity contribution in [3.63, 3.8) is 0 Å². The fourth-order valence-corrected chi connectivity index (χ4v) is 1.63. The van der Waals surface area contributed by atoms with Gasteiger partial charge in [-0.05, 0) is 49.1 Å². The number of hydrogen-bond acceptors (Lipinski definition) is 3. The molecule has 1 atom stereocenters. The highest BCUT2D eigenvalue weighted by Crippen LogP contribution is 2.13. The Morgan fingerprint density at radius 1 is 1.60 bits per heavy atom. The molecule has 4 nitrogen and oxygen atoms in total. The van der Waals surface area contributed by atoms with Gasteiger partial charge in [0.15, 0.2) is 10.4 Å². The Hall–Kier alpha value is -0.810. The van der Waals surface area contributed by atoms with E-state index in [-0.39, 0.29) is 11.9 Å². The van der Waals surface area contributed by atoms with E-state index >= 15 is 0 Å². The van der Waals surface area contributed by atoms with Crippen molar-refractivity contribution < 1.29 is 9.21 Å². The second-order valence-electron chi connectivity index (χ2n) is 3.74. The highest BCUT2D eigenvalue weighted by molar-refractivity contribution is 9.10. The van der Waals surface area contributed by atoms with Gasteiger partial charge in [-0.1, -0.05) is 0 Å². The lowest BCUT2D eigenvalue weighted by atomic mass is 10.3. The summed E-state index contributed by atoms with van der Waals surface area (Å²) in [6.45, 7) is 2.75. The molecule has 0 aliphatic carbocycles. The Bertz CT molecular complexity index is 336. The molecule has 0 aliphatic heterocycles. The number of nitrogens with zero attached hydrogens (tertiary/aromatic N) is 1. The molecular weight excluding hydrogens is 260 g/mol. The Kier molecular flexibility index (Phi) is 4.35. The summed E-state index contributed by atoms with van der Waals surface area (Å²) in [5.74, 6) is 0.141. The van der Waals surface area contributed by atoms with Crippen molar-refractivity contribution >= 4 is 21.8 Å². The molecular formula is C10H15BrN2O2. The van der Waals surface area contributed by atoms with Crippen molar-refractivity contribution in [2.24, 2.45) is 0 Å². The first kappa shape index (κ1) is 12.3. The van der Waals surface area contributed by atoms with Gasteiger partial charge < -0.3 is 14.6 Å². The topological polar surface area (TPSA) is 45.5 Å². The van der Waals surface area contributed by atoms with E-state index in [0.717, 1.165) is 6.54 Å². The molecule has 1 N–H and O–H groups in total. The standard InChI is InChI=1S/C10H15BrN2O2/c1-7(6-13(2)3)12-10(14)8-4-5-9(11)15-8/h4-5,7H,6H2,1-3H3,(H,12,14). The molecule has 0 saturated carbocycles. The Labute approximate surface area is 97.8 Å². The minimum absolute atomic E-state index is 0.0939. The van der Waals surface area contributed by atoms with Crippen LogP contribution < -0.4 is 5.32 Å². The maximum absolute atomic E-state index is 11.6. The van der Waals surface area contributed by atoms with E-state index in [9.17, 15) is 4.79 Å². The zero-order chi connectivity index (χ0) is 11.4. The summed E-state index contributed by atoms with van der Waals surface area (Å²) in [6, 6.07) is 3.43. The van der Waals surface area contributed by atoms with Gasteiger partial charge in [-0.25, -0.2) is 0 Å². The second-order valence-corrected chi connectivity index (χ2v) is 4.52. The van der Waals surface area contributed by atoms with Crippen molar-refractivity contribution in [2.75, 3.05) is 20.6 Å². The quantitative estimate of drug-likeness (QED) is 0.910. The van der Waals surface area contributed by atoms with Gasteiger partial charge in [-0.15, -0.1) is 0 Å². The largest absolute Gasteiger partial charge is 0.444 e. The minimum atomic E-state index is -0.185. The van der Waals surface area contributed by atoms with Crippen LogP contribution in [0.4, 0.5) is 0 Å². The second kappa shape index (κ2) is 5.32. The van der Waals surface area contributed by atoms with Gasteiger partial charge in [0.25, 0.3) is 5.91 Å². The van der Waals surface area contributed by atoms with Gasteiger partial charge in [-0.3, -0.25) is 4.79 Å². The van der Waals surface area contributed by atoms with E-state index in [2.05, 4.69) is 21.2 Å². The summed E-state index contributed by atoms with van der Waals surface area (Å²) >= 11 is 3.15. The summed E-state index contributed by atoms with van der Waals surface area (Å²) in [4.78, 5) is 13.6. The molecule has 0 fully saturated rings. The molecule has 1 rings (SSSR count). The molecule has 5 heteroatoms. The van der Waals surface area contributed by atoms with Gasteiger partial charge in [-0.2, -0.15) is 0 Å². The van der Waals surface area contributed by atoms with E-state index in [1.54, 1.807) is 12.1 Å². The smallest absolute Gasteiger partial charge is 0.287 e. The molecule has 0 spiro atoms. The van der Waals surface area contributed by atoms with E-state index in [0.29, 0.717) is 10.4 Å². The van der Waals surface area contributed by atoms with Crippen molar-refractivity contribution in [1.29, 1.82) is 0 Å². The fraction of sp³-hybridized carbons (Fsp3) is 0.500. The summed E-state index contributed by atoms with van der Waals surface area (Å²) < 4.78 is 5.71. The van der Waals surface area contributed by atoms with Crippen LogP contribution in [0.15, 0.2) is 21.2 Å². The Morgan fingerprint density at radius 3 is 2.73 bits per heavy atom. The van der Waals surface area contributed by atoms with Crippen LogP contribution in [0.1, 0.15) is 17.5 Å². The highest BCUT2D eigenvalue weighted by Gasteiger charge is 2.13. The van der Waals surface area contributed by atoms with Gasteiger partial charge in [0.1, 0.15) is 0 Å². The minimum Gasteiger partial charge on any atom is -0.444 e. The Morgan fingerprint density at radius 2 is 2.27 bits per heavy atom. The summed E-state index contributed by atoms with van der Waals surface area (Å²) in [6.07, 6.45) is 0. The summed E-state index contributed by atoms with van der Waals surface area (Å²) in [7, 11) is 3.93. The average molecular weight is 275 g/mol. The number of furan rings is 1. The molecule has 1 aromatic heterocycles. The molecule has 0 saturated heterocycles. The molecule has 1 aromatic rings. The van der Waals surface area contributed by atoms with Crippen molar-refractivity contribution in [1.82, 2.24) is 10.2 Å². The molecule has 0 aliphatic rings. The van der Waals surface area contributed by atoms with Crippen LogP contribution in [0.5, 0.6) is 0 Å². The van der Waals surface area contributed by atoms with E-state index in [1.165, 1.54) is 0 Å². The molecule has 0 radical (unpaired) electrons. The lowest BCUT2D eigenvalue weighted by Gasteiger charge is -2.17. The van der Waals surface area contributed by atoms with Crippen LogP contribution in [0, 0.1) is 0 Å². The average Bonchev–Trinajstić information content (AvgIpc) is 2.49. The Balaban J connectivity index is 2.49. The van der Waals surface area contributed by atoms with Crippen molar-refractivity contribution in [3.05, 3.63) is 22.6 Å². The number of carbonyl (C=O) groups is 1. The zero-order valence-electron chi connectivity index (χ0n) is 9.08. The number of nitrogens with one attached hydrogen (secondary N) is 1. The third-order valence-corrected chi connectivity index (χ3v) is 2.24. The van der Waals surface area contributed by atoms with Crippen molar-refractivity contribution in [3.8, 4) is 0 Å². The van der Waals surface area contributed by atoms with Crippen molar-refractivity contribution in [2.45, 2.75) is 13.0 Å². The maximum Gasteiger partial charge on any atom is 0.287 e. The fourth-order valence-electron chi connectivity index (χ4n) is 1.32. The van der Waals surface area contributed by atoms with Gasteiger partial charge in [0, 0.05) is 12.6 Å². The molecule has 0 aromatic carbocycles. The zero-order valence-corrected chi connectivity index (χ0v) is 10.7. The molecule has 1 unspecified atom stereocenters. The van der Waals surface area contributed by atoms with Crippen LogP contribution >= 0.6 is 15.9 Å². The van der Waals surface area contributed by atoms with E-state index < -0.39 is 0 Å². The number of halogens is 1. The number of likely N-dealkylation sites (N-methyl/N-ethyl adjacent to an activating group) is 1. The molecule has 84 valence electrons.